The number of benzene rings is 1. The van der Waals surface area contributed by atoms with Crippen molar-refractivity contribution in [3.8, 4) is 0 Å². The van der Waals surface area contributed by atoms with Crippen LogP contribution >= 0.6 is 15.9 Å². The molecule has 1 aromatic heterocycles. The third-order valence-electron chi connectivity index (χ3n) is 2.75. The number of halogens is 1. The van der Waals surface area contributed by atoms with Gasteiger partial charge in [-0.1, -0.05) is 28.1 Å². The molecule has 0 saturated carbocycles. The Bertz CT molecular complexity index is 522. The van der Waals surface area contributed by atoms with Crippen LogP contribution < -0.4 is 0 Å². The van der Waals surface area contributed by atoms with Gasteiger partial charge in [0.25, 0.3) is 0 Å². The van der Waals surface area contributed by atoms with Crippen LogP contribution in [0.1, 0.15) is 17.7 Å². The number of allylic oxidation sites excluding steroid dienone is 1. The molecule has 0 amide bonds. The van der Waals surface area contributed by atoms with Crippen molar-refractivity contribution in [2.45, 2.75) is 12.8 Å². The molecule has 0 spiro atoms. The van der Waals surface area contributed by atoms with Gasteiger partial charge < -0.3 is 4.98 Å². The molecule has 1 nitrogen and oxygen atoms in total. The summed E-state index contributed by atoms with van der Waals surface area (Å²) < 4.78 is 1.13. The molecule has 1 aromatic carbocycles. The number of hydrogen-bond donors (Lipinski definition) is 1. The molecular formula is C12H10BrN. The summed E-state index contributed by atoms with van der Waals surface area (Å²) in [5, 5.41) is 1.37. The zero-order valence-corrected chi connectivity index (χ0v) is 9.26. The highest BCUT2D eigenvalue weighted by molar-refractivity contribution is 9.10. The van der Waals surface area contributed by atoms with E-state index in [2.05, 4.69) is 51.3 Å². The first kappa shape index (κ1) is 8.30. The van der Waals surface area contributed by atoms with Crippen LogP contribution in [0.25, 0.3) is 17.0 Å². The van der Waals surface area contributed by atoms with Crippen molar-refractivity contribution in [1.82, 2.24) is 4.98 Å². The summed E-state index contributed by atoms with van der Waals surface area (Å²) in [6.45, 7) is 0. The van der Waals surface area contributed by atoms with Gasteiger partial charge in [0, 0.05) is 21.1 Å². The quantitative estimate of drug-likeness (QED) is 0.727. The highest BCUT2D eigenvalue weighted by Gasteiger charge is 2.11. The molecule has 0 bridgehead atoms. The minimum absolute atomic E-state index is 1.13. The Balaban J connectivity index is 2.37. The van der Waals surface area contributed by atoms with Gasteiger partial charge in [0.05, 0.1) is 0 Å². The highest BCUT2D eigenvalue weighted by atomic mass is 79.9. The van der Waals surface area contributed by atoms with E-state index in [4.69, 9.17) is 0 Å². The fourth-order valence-corrected chi connectivity index (χ4v) is 2.45. The second kappa shape index (κ2) is 2.99. The van der Waals surface area contributed by atoms with E-state index in [0.717, 1.165) is 17.3 Å². The van der Waals surface area contributed by atoms with E-state index in [9.17, 15) is 0 Å². The van der Waals surface area contributed by atoms with Crippen LogP contribution in [-0.2, 0) is 6.42 Å². The van der Waals surface area contributed by atoms with Gasteiger partial charge >= 0.3 is 0 Å². The molecular weight excluding hydrogens is 238 g/mol. The molecule has 0 fully saturated rings. The third-order valence-corrected chi connectivity index (χ3v) is 3.24. The van der Waals surface area contributed by atoms with Crippen molar-refractivity contribution in [2.24, 2.45) is 0 Å². The van der Waals surface area contributed by atoms with Crippen LogP contribution in [0.3, 0.4) is 0 Å². The van der Waals surface area contributed by atoms with Crippen molar-refractivity contribution in [1.29, 1.82) is 0 Å². The maximum Gasteiger partial charge on any atom is 0.0472 e. The number of H-pyrrole nitrogens is 1. The number of fused-ring (bicyclic) bond motifs is 3. The molecule has 3 rings (SSSR count). The average molecular weight is 248 g/mol. The van der Waals surface area contributed by atoms with Crippen molar-refractivity contribution >= 4 is 32.9 Å². The van der Waals surface area contributed by atoms with Gasteiger partial charge in [0.2, 0.25) is 0 Å². The predicted octanol–water partition coefficient (Wildman–Crippen LogP) is 3.89. The maximum atomic E-state index is 3.49. The maximum absolute atomic E-state index is 3.49. The summed E-state index contributed by atoms with van der Waals surface area (Å²) in [5.74, 6) is 0. The Labute approximate surface area is 91.0 Å². The Kier molecular flexibility index (Phi) is 1.77. The first-order valence-electron chi connectivity index (χ1n) is 4.81. The van der Waals surface area contributed by atoms with E-state index in [-0.39, 0.29) is 0 Å². The normalized spacial score (nSPS) is 14.6. The average Bonchev–Trinajstić information content (AvgIpc) is 2.54. The van der Waals surface area contributed by atoms with Crippen LogP contribution in [0.4, 0.5) is 0 Å². The predicted molar refractivity (Wildman–Crippen MR) is 63.4 cm³/mol. The van der Waals surface area contributed by atoms with Crippen LogP contribution in [0.5, 0.6) is 0 Å². The van der Waals surface area contributed by atoms with Crippen molar-refractivity contribution in [2.75, 3.05) is 0 Å². The van der Waals surface area contributed by atoms with Gasteiger partial charge in [-0.05, 0) is 36.6 Å². The molecule has 1 N–H and O–H groups in total. The lowest BCUT2D eigenvalue weighted by Crippen LogP contribution is -1.89. The lowest BCUT2D eigenvalue weighted by molar-refractivity contribution is 0.992. The van der Waals surface area contributed by atoms with Gasteiger partial charge in [-0.25, -0.2) is 0 Å². The minimum atomic E-state index is 1.13. The van der Waals surface area contributed by atoms with E-state index >= 15 is 0 Å². The Morgan fingerprint density at radius 3 is 3.14 bits per heavy atom. The molecule has 1 heterocycles. The van der Waals surface area contributed by atoms with Crippen molar-refractivity contribution in [3.63, 3.8) is 0 Å². The van der Waals surface area contributed by atoms with E-state index in [1.54, 1.807) is 0 Å². The summed E-state index contributed by atoms with van der Waals surface area (Å²) in [6, 6.07) is 6.43. The lowest BCUT2D eigenvalue weighted by atomic mass is 10.0. The van der Waals surface area contributed by atoms with Crippen LogP contribution in [0.15, 0.2) is 28.7 Å². The monoisotopic (exact) mass is 247 g/mol. The largest absolute Gasteiger partial charge is 0.355 e. The summed E-state index contributed by atoms with van der Waals surface area (Å²) in [7, 11) is 0. The molecule has 0 saturated heterocycles. The van der Waals surface area contributed by atoms with E-state index in [1.165, 1.54) is 22.2 Å². The van der Waals surface area contributed by atoms with Gasteiger partial charge in [-0.3, -0.25) is 0 Å². The van der Waals surface area contributed by atoms with Gasteiger partial charge in [0.15, 0.2) is 0 Å². The summed E-state index contributed by atoms with van der Waals surface area (Å²) in [5.41, 5.74) is 3.98. The molecule has 0 aliphatic heterocycles. The fraction of sp³-hybridized carbons (Fsp3) is 0.167. The van der Waals surface area contributed by atoms with Crippen LogP contribution in [0.2, 0.25) is 0 Å². The molecule has 0 unspecified atom stereocenters. The Hall–Kier alpha value is -1.02. The lowest BCUT2D eigenvalue weighted by Gasteiger charge is -2.03. The summed E-state index contributed by atoms with van der Waals surface area (Å²) in [6.07, 6.45) is 6.74. The zero-order valence-electron chi connectivity index (χ0n) is 7.68. The highest BCUT2D eigenvalue weighted by Crippen LogP contribution is 2.29. The zero-order chi connectivity index (χ0) is 9.54. The number of rotatable bonds is 0. The molecule has 0 atom stereocenters. The van der Waals surface area contributed by atoms with E-state index in [0.29, 0.717) is 0 Å². The van der Waals surface area contributed by atoms with Crippen molar-refractivity contribution in [3.05, 3.63) is 40.0 Å². The Morgan fingerprint density at radius 2 is 2.21 bits per heavy atom. The summed E-state index contributed by atoms with van der Waals surface area (Å²) >= 11 is 3.49. The molecule has 1 aliphatic rings. The molecule has 1 aliphatic carbocycles. The molecule has 2 aromatic rings. The van der Waals surface area contributed by atoms with Gasteiger partial charge in [-0.15, -0.1) is 0 Å². The van der Waals surface area contributed by atoms with Crippen LogP contribution in [0, 0.1) is 0 Å². The van der Waals surface area contributed by atoms with Crippen LogP contribution in [-0.4, -0.2) is 4.98 Å². The second-order valence-electron chi connectivity index (χ2n) is 3.65. The number of aryl methyl sites for hydroxylation is 1. The number of aromatic amines is 1. The topological polar surface area (TPSA) is 15.8 Å². The van der Waals surface area contributed by atoms with Crippen molar-refractivity contribution < 1.29 is 0 Å². The Morgan fingerprint density at radius 1 is 1.29 bits per heavy atom. The first-order valence-corrected chi connectivity index (χ1v) is 5.60. The van der Waals surface area contributed by atoms with E-state index in [1.807, 2.05) is 0 Å². The molecule has 0 radical (unpaired) electrons. The summed E-state index contributed by atoms with van der Waals surface area (Å²) in [4.78, 5) is 3.44. The number of hydrogen-bond acceptors (Lipinski definition) is 0. The number of aromatic nitrogens is 1. The van der Waals surface area contributed by atoms with Gasteiger partial charge in [0.1, 0.15) is 0 Å². The van der Waals surface area contributed by atoms with E-state index < -0.39 is 0 Å². The smallest absolute Gasteiger partial charge is 0.0472 e. The molecule has 2 heteroatoms. The van der Waals surface area contributed by atoms with Gasteiger partial charge in [-0.2, -0.15) is 0 Å². The SMILES string of the molecule is Brc1ccc2c3c([nH]c2c1)C=CCC3. The molecule has 70 valence electrons. The fourth-order valence-electron chi connectivity index (χ4n) is 2.09. The number of nitrogens with one attached hydrogen (secondary N) is 1. The second-order valence-corrected chi connectivity index (χ2v) is 4.56. The first-order chi connectivity index (χ1) is 6.84. The third kappa shape index (κ3) is 1.14. The standard InChI is InChI=1S/C12H10BrN/c13-8-5-6-10-9-3-1-2-4-11(9)14-12(10)7-8/h2,4-7,14H,1,3H2. The minimum Gasteiger partial charge on any atom is -0.355 e. The molecule has 14 heavy (non-hydrogen) atoms.